The van der Waals surface area contributed by atoms with Gasteiger partial charge < -0.3 is 0 Å². The van der Waals surface area contributed by atoms with Crippen LogP contribution in [-0.2, 0) is 5.33 Å². The number of hydrogen-bond donors (Lipinski definition) is 0. The molecule has 0 saturated carbocycles. The molecule has 0 atom stereocenters. The molecule has 3 heteroatoms. The molecule has 0 aromatic carbocycles. The van der Waals surface area contributed by atoms with Crippen LogP contribution in [0.1, 0.15) is 11.3 Å². The van der Waals surface area contributed by atoms with E-state index < -0.39 is 0 Å². The molecule has 1 nitrogen and oxygen atoms in total. The monoisotopic (exact) mass is 203 g/mol. The third kappa shape index (κ3) is 1.34. The van der Waals surface area contributed by atoms with Gasteiger partial charge in [-0.05, 0) is 13.0 Å². The van der Waals surface area contributed by atoms with Crippen molar-refractivity contribution in [3.8, 4) is 0 Å². The normalized spacial score (nSPS) is 9.90. The first-order valence-corrected chi connectivity index (χ1v) is 4.04. The topological polar surface area (TPSA) is 12.9 Å². The molecule has 1 rings (SSSR count). The van der Waals surface area contributed by atoms with E-state index in [2.05, 4.69) is 20.9 Å². The minimum absolute atomic E-state index is 0.190. The zero-order valence-corrected chi connectivity index (χ0v) is 7.15. The maximum Gasteiger partial charge on any atom is 0.130 e. The van der Waals surface area contributed by atoms with Crippen LogP contribution in [0.5, 0.6) is 0 Å². The molecule has 0 fully saturated rings. The van der Waals surface area contributed by atoms with Gasteiger partial charge in [0.1, 0.15) is 5.82 Å². The van der Waals surface area contributed by atoms with E-state index in [1.807, 2.05) is 0 Å². The number of pyridine rings is 1. The van der Waals surface area contributed by atoms with Gasteiger partial charge in [0, 0.05) is 22.8 Å². The maximum atomic E-state index is 12.8. The van der Waals surface area contributed by atoms with E-state index >= 15 is 0 Å². The Morgan fingerprint density at radius 3 is 2.80 bits per heavy atom. The molecule has 0 N–H and O–H groups in total. The van der Waals surface area contributed by atoms with Crippen molar-refractivity contribution in [2.45, 2.75) is 12.3 Å². The highest BCUT2D eigenvalue weighted by Crippen LogP contribution is 2.12. The Kier molecular flexibility index (Phi) is 2.38. The molecule has 0 bridgehead atoms. The lowest BCUT2D eigenvalue weighted by molar-refractivity contribution is 0.612. The van der Waals surface area contributed by atoms with Gasteiger partial charge in [-0.15, -0.1) is 0 Å². The minimum atomic E-state index is -0.190. The third-order valence-electron chi connectivity index (χ3n) is 1.35. The van der Waals surface area contributed by atoms with Gasteiger partial charge in [-0.2, -0.15) is 0 Å². The molecule has 0 aliphatic carbocycles. The van der Waals surface area contributed by atoms with E-state index in [-0.39, 0.29) is 5.82 Å². The molecular formula is C7H7BrFN. The number of rotatable bonds is 1. The van der Waals surface area contributed by atoms with Gasteiger partial charge in [0.05, 0.1) is 0 Å². The van der Waals surface area contributed by atoms with E-state index in [0.29, 0.717) is 10.9 Å². The predicted molar refractivity (Wildman–Crippen MR) is 41.6 cm³/mol. The van der Waals surface area contributed by atoms with Crippen LogP contribution in [0.3, 0.4) is 0 Å². The summed E-state index contributed by atoms with van der Waals surface area (Å²) in [5.41, 5.74) is 1.39. The van der Waals surface area contributed by atoms with Gasteiger partial charge in [-0.1, -0.05) is 15.9 Å². The summed E-state index contributed by atoms with van der Waals surface area (Å²) in [7, 11) is 0. The first kappa shape index (κ1) is 7.66. The van der Waals surface area contributed by atoms with Crippen molar-refractivity contribution in [1.29, 1.82) is 0 Å². The van der Waals surface area contributed by atoms with Crippen LogP contribution < -0.4 is 0 Å². The Morgan fingerprint density at radius 1 is 1.70 bits per heavy atom. The van der Waals surface area contributed by atoms with Crippen LogP contribution >= 0.6 is 15.9 Å². The van der Waals surface area contributed by atoms with E-state index in [9.17, 15) is 4.39 Å². The molecule has 0 spiro atoms. The molecular weight excluding hydrogens is 197 g/mol. The molecule has 0 unspecified atom stereocenters. The summed E-state index contributed by atoms with van der Waals surface area (Å²) in [4.78, 5) is 3.94. The van der Waals surface area contributed by atoms with E-state index in [0.717, 1.165) is 5.69 Å². The van der Waals surface area contributed by atoms with Crippen LogP contribution in [0.15, 0.2) is 12.3 Å². The van der Waals surface area contributed by atoms with Gasteiger partial charge >= 0.3 is 0 Å². The van der Waals surface area contributed by atoms with Gasteiger partial charge in [0.25, 0.3) is 0 Å². The fourth-order valence-corrected chi connectivity index (χ4v) is 1.40. The fourth-order valence-electron chi connectivity index (χ4n) is 0.726. The molecule has 0 saturated heterocycles. The molecule has 54 valence electrons. The lowest BCUT2D eigenvalue weighted by atomic mass is 10.2. The minimum Gasteiger partial charge on any atom is -0.261 e. The first-order chi connectivity index (χ1) is 4.75. The van der Waals surface area contributed by atoms with Crippen molar-refractivity contribution < 1.29 is 4.39 Å². The molecule has 0 aliphatic heterocycles. The van der Waals surface area contributed by atoms with Crippen molar-refractivity contribution in [3.63, 3.8) is 0 Å². The Bertz CT molecular complexity index is 217. The number of aryl methyl sites for hydroxylation is 1. The highest BCUT2D eigenvalue weighted by atomic mass is 79.9. The number of nitrogens with zero attached hydrogens (tertiary/aromatic N) is 1. The van der Waals surface area contributed by atoms with Crippen molar-refractivity contribution in [2.24, 2.45) is 0 Å². The lowest BCUT2D eigenvalue weighted by Crippen LogP contribution is -1.92. The van der Waals surface area contributed by atoms with Gasteiger partial charge in [-0.3, -0.25) is 4.98 Å². The van der Waals surface area contributed by atoms with Crippen molar-refractivity contribution in [1.82, 2.24) is 4.98 Å². The lowest BCUT2D eigenvalue weighted by Gasteiger charge is -1.99. The van der Waals surface area contributed by atoms with Gasteiger partial charge in [0.15, 0.2) is 0 Å². The summed E-state index contributed by atoms with van der Waals surface area (Å²) in [5.74, 6) is -0.190. The molecule has 1 heterocycles. The van der Waals surface area contributed by atoms with Crippen LogP contribution in [0.25, 0.3) is 0 Å². The summed E-state index contributed by atoms with van der Waals surface area (Å²) in [6, 6.07) is 1.36. The number of halogens is 2. The molecule has 0 aliphatic rings. The third-order valence-corrected chi connectivity index (χ3v) is 1.91. The molecule has 0 amide bonds. The number of hydrogen-bond acceptors (Lipinski definition) is 1. The van der Waals surface area contributed by atoms with Crippen molar-refractivity contribution in [2.75, 3.05) is 0 Å². The van der Waals surface area contributed by atoms with Crippen molar-refractivity contribution >= 4 is 15.9 Å². The first-order valence-electron chi connectivity index (χ1n) is 2.91. The highest BCUT2D eigenvalue weighted by molar-refractivity contribution is 9.08. The van der Waals surface area contributed by atoms with Crippen LogP contribution in [0.4, 0.5) is 4.39 Å². The highest BCUT2D eigenvalue weighted by Gasteiger charge is 2.02. The number of aromatic nitrogens is 1. The summed E-state index contributed by atoms with van der Waals surface area (Å²) in [6.07, 6.45) is 1.47. The van der Waals surface area contributed by atoms with Gasteiger partial charge in [-0.25, -0.2) is 4.39 Å². The smallest absolute Gasteiger partial charge is 0.130 e. The van der Waals surface area contributed by atoms with Crippen LogP contribution in [-0.4, -0.2) is 4.98 Å². The summed E-state index contributed by atoms with van der Waals surface area (Å²) in [5, 5.41) is 0.526. The Morgan fingerprint density at radius 2 is 2.40 bits per heavy atom. The molecule has 10 heavy (non-hydrogen) atoms. The van der Waals surface area contributed by atoms with E-state index in [4.69, 9.17) is 0 Å². The standard InChI is InChI=1S/C7H7BrFN/c1-5-6(4-8)7(9)2-3-10-5/h2-3H,4H2,1H3. The predicted octanol–water partition coefficient (Wildman–Crippen LogP) is 2.42. The van der Waals surface area contributed by atoms with E-state index in [1.54, 1.807) is 6.92 Å². The second-order valence-electron chi connectivity index (χ2n) is 1.99. The Balaban J connectivity index is 3.17. The summed E-state index contributed by atoms with van der Waals surface area (Å²) in [6.45, 7) is 1.79. The quantitative estimate of drug-likeness (QED) is 0.640. The van der Waals surface area contributed by atoms with Crippen molar-refractivity contribution in [3.05, 3.63) is 29.3 Å². The summed E-state index contributed by atoms with van der Waals surface area (Å²) < 4.78 is 12.8. The molecule has 1 aromatic rings. The maximum absolute atomic E-state index is 12.8. The zero-order chi connectivity index (χ0) is 7.56. The van der Waals surface area contributed by atoms with Crippen LogP contribution in [0, 0.1) is 12.7 Å². The Labute approximate surface area is 67.4 Å². The van der Waals surface area contributed by atoms with E-state index in [1.165, 1.54) is 12.3 Å². The second-order valence-corrected chi connectivity index (χ2v) is 2.55. The largest absolute Gasteiger partial charge is 0.261 e. The molecule has 1 aromatic heterocycles. The SMILES string of the molecule is Cc1nccc(F)c1CBr. The molecule has 0 radical (unpaired) electrons. The average molecular weight is 204 g/mol. The van der Waals surface area contributed by atoms with Crippen LogP contribution in [0.2, 0.25) is 0 Å². The zero-order valence-electron chi connectivity index (χ0n) is 5.56. The van der Waals surface area contributed by atoms with Gasteiger partial charge in [0.2, 0.25) is 0 Å². The number of alkyl halides is 1. The Hall–Kier alpha value is -0.440. The summed E-state index contributed by atoms with van der Waals surface area (Å²) >= 11 is 3.18. The average Bonchev–Trinajstić information content (AvgIpc) is 1.88. The fraction of sp³-hybridized carbons (Fsp3) is 0.286. The second kappa shape index (κ2) is 3.10.